The molecule has 4 heteroatoms. The number of hydrogen-bond acceptors (Lipinski definition) is 3. The molecule has 0 aromatic heterocycles. The molecule has 0 saturated carbocycles. The predicted octanol–water partition coefficient (Wildman–Crippen LogP) is 4.64. The maximum atomic E-state index is 12.2. The van der Waals surface area contributed by atoms with Crippen LogP contribution in [0.4, 0.5) is 5.69 Å². The molecule has 0 saturated heterocycles. The maximum Gasteiger partial charge on any atom is 0.269 e. The summed E-state index contributed by atoms with van der Waals surface area (Å²) in [5.74, 6) is -0.187. The molecule has 0 amide bonds. The van der Waals surface area contributed by atoms with Crippen molar-refractivity contribution in [1.82, 2.24) is 0 Å². The second kappa shape index (κ2) is 6.23. The Morgan fingerprint density at radius 1 is 0.913 bits per heavy atom. The van der Waals surface area contributed by atoms with E-state index in [0.29, 0.717) is 5.56 Å². The number of nitro benzene ring substituents is 1. The monoisotopic (exact) mass is 303 g/mol. The highest BCUT2D eigenvalue weighted by Crippen LogP contribution is 2.20. The molecule has 0 aliphatic carbocycles. The minimum Gasteiger partial charge on any atom is -0.289 e. The van der Waals surface area contributed by atoms with Crippen LogP contribution in [0.25, 0.3) is 16.8 Å². The summed E-state index contributed by atoms with van der Waals surface area (Å²) in [4.78, 5) is 22.3. The number of carbonyl (C=O) groups is 1. The Morgan fingerprint density at radius 2 is 1.61 bits per heavy atom. The lowest BCUT2D eigenvalue weighted by Crippen LogP contribution is -1.95. The van der Waals surface area contributed by atoms with Crippen molar-refractivity contribution in [3.63, 3.8) is 0 Å². The van der Waals surface area contributed by atoms with Gasteiger partial charge in [0.05, 0.1) is 4.92 Å². The van der Waals surface area contributed by atoms with Crippen LogP contribution in [0.5, 0.6) is 0 Å². The molecule has 0 heterocycles. The van der Waals surface area contributed by atoms with E-state index >= 15 is 0 Å². The largest absolute Gasteiger partial charge is 0.289 e. The van der Waals surface area contributed by atoms with E-state index in [1.54, 1.807) is 6.08 Å². The first-order valence-electron chi connectivity index (χ1n) is 7.10. The Balaban J connectivity index is 1.86. The Hall–Kier alpha value is -3.27. The fourth-order valence-corrected chi connectivity index (χ4v) is 2.40. The van der Waals surface area contributed by atoms with Crippen LogP contribution >= 0.6 is 0 Å². The smallest absolute Gasteiger partial charge is 0.269 e. The van der Waals surface area contributed by atoms with Crippen molar-refractivity contribution >= 4 is 28.3 Å². The van der Waals surface area contributed by atoms with E-state index in [0.717, 1.165) is 16.3 Å². The Kier molecular flexibility index (Phi) is 3.97. The first-order valence-corrected chi connectivity index (χ1v) is 7.10. The van der Waals surface area contributed by atoms with E-state index in [4.69, 9.17) is 0 Å². The highest BCUT2D eigenvalue weighted by atomic mass is 16.6. The molecule has 4 nitrogen and oxygen atoms in total. The summed E-state index contributed by atoms with van der Waals surface area (Å²) < 4.78 is 0. The topological polar surface area (TPSA) is 60.2 Å². The van der Waals surface area contributed by atoms with Gasteiger partial charge < -0.3 is 0 Å². The minimum absolute atomic E-state index is 0.0282. The van der Waals surface area contributed by atoms with Gasteiger partial charge in [-0.3, -0.25) is 14.9 Å². The lowest BCUT2D eigenvalue weighted by molar-refractivity contribution is -0.384. The molecule has 0 aliphatic rings. The summed E-state index contributed by atoms with van der Waals surface area (Å²) in [5, 5.41) is 12.8. The Bertz CT molecular complexity index is 906. The summed E-state index contributed by atoms with van der Waals surface area (Å²) in [6.07, 6.45) is 3.26. The lowest BCUT2D eigenvalue weighted by atomic mass is 10.0. The average molecular weight is 303 g/mol. The zero-order valence-electron chi connectivity index (χ0n) is 12.2. The molecule has 3 aromatic carbocycles. The molecule has 112 valence electrons. The second-order valence-electron chi connectivity index (χ2n) is 5.07. The van der Waals surface area contributed by atoms with Gasteiger partial charge in [0.1, 0.15) is 0 Å². The van der Waals surface area contributed by atoms with Crippen LogP contribution in [0.15, 0.2) is 72.8 Å². The number of nitro groups is 1. The molecule has 0 aliphatic heterocycles. The zero-order valence-corrected chi connectivity index (χ0v) is 12.2. The van der Waals surface area contributed by atoms with Gasteiger partial charge in [-0.05, 0) is 34.5 Å². The molecule has 0 unspecified atom stereocenters. The van der Waals surface area contributed by atoms with E-state index in [-0.39, 0.29) is 11.5 Å². The van der Waals surface area contributed by atoms with Crippen LogP contribution in [-0.2, 0) is 0 Å². The van der Waals surface area contributed by atoms with E-state index in [9.17, 15) is 14.9 Å². The van der Waals surface area contributed by atoms with Gasteiger partial charge in [-0.15, -0.1) is 0 Å². The highest BCUT2D eigenvalue weighted by molar-refractivity contribution is 6.07. The quantitative estimate of drug-likeness (QED) is 0.305. The molecule has 0 bridgehead atoms. The summed E-state index contributed by atoms with van der Waals surface area (Å²) in [6, 6.07) is 19.5. The third-order valence-corrected chi connectivity index (χ3v) is 3.60. The van der Waals surface area contributed by atoms with Gasteiger partial charge in [0.15, 0.2) is 5.78 Å². The highest BCUT2D eigenvalue weighted by Gasteiger charge is 2.07. The standard InChI is InChI=1S/C19H13NO3/c21-19(16-8-11-17(12-9-16)20(22)23)13-10-15-6-3-5-14-4-1-2-7-18(14)15/h1-13H/b13-10+. The average Bonchev–Trinajstić information content (AvgIpc) is 2.59. The van der Waals surface area contributed by atoms with Gasteiger partial charge in [0.2, 0.25) is 0 Å². The van der Waals surface area contributed by atoms with E-state index < -0.39 is 4.92 Å². The van der Waals surface area contributed by atoms with Gasteiger partial charge in [-0.2, -0.15) is 0 Å². The normalized spacial score (nSPS) is 11.0. The van der Waals surface area contributed by atoms with Crippen LogP contribution < -0.4 is 0 Å². The number of hydrogen-bond donors (Lipinski definition) is 0. The molecular weight excluding hydrogens is 290 g/mol. The predicted molar refractivity (Wildman–Crippen MR) is 90.4 cm³/mol. The van der Waals surface area contributed by atoms with Crippen molar-refractivity contribution in [2.45, 2.75) is 0 Å². The number of allylic oxidation sites excluding steroid dienone is 1. The molecule has 0 N–H and O–H groups in total. The van der Waals surface area contributed by atoms with Crippen molar-refractivity contribution < 1.29 is 9.72 Å². The fourth-order valence-electron chi connectivity index (χ4n) is 2.40. The maximum absolute atomic E-state index is 12.2. The van der Waals surface area contributed by atoms with Crippen LogP contribution in [-0.4, -0.2) is 10.7 Å². The number of non-ortho nitro benzene ring substituents is 1. The number of carbonyl (C=O) groups excluding carboxylic acids is 1. The number of nitrogens with zero attached hydrogens (tertiary/aromatic N) is 1. The lowest BCUT2D eigenvalue weighted by Gasteiger charge is -2.01. The van der Waals surface area contributed by atoms with Crippen LogP contribution in [0.2, 0.25) is 0 Å². The first-order chi connectivity index (χ1) is 11.1. The molecule has 0 spiro atoms. The number of ketones is 1. The van der Waals surface area contributed by atoms with E-state index in [1.807, 2.05) is 42.5 Å². The SMILES string of the molecule is O=C(/C=C/c1cccc2ccccc12)c1ccc([N+](=O)[O-])cc1. The molecule has 0 fully saturated rings. The summed E-state index contributed by atoms with van der Waals surface area (Å²) in [5.41, 5.74) is 1.35. The zero-order chi connectivity index (χ0) is 16.2. The molecule has 23 heavy (non-hydrogen) atoms. The molecule has 0 atom stereocenters. The number of fused-ring (bicyclic) bond motifs is 1. The molecule has 0 radical (unpaired) electrons. The third-order valence-electron chi connectivity index (χ3n) is 3.60. The van der Waals surface area contributed by atoms with Crippen molar-refractivity contribution in [3.8, 4) is 0 Å². The minimum atomic E-state index is -0.486. The Morgan fingerprint density at radius 3 is 2.35 bits per heavy atom. The van der Waals surface area contributed by atoms with Gasteiger partial charge in [-0.25, -0.2) is 0 Å². The van der Waals surface area contributed by atoms with Crippen molar-refractivity contribution in [2.75, 3.05) is 0 Å². The van der Waals surface area contributed by atoms with Crippen molar-refractivity contribution in [1.29, 1.82) is 0 Å². The summed E-state index contributed by atoms with van der Waals surface area (Å²) in [6.45, 7) is 0. The molecule has 3 aromatic rings. The van der Waals surface area contributed by atoms with Gasteiger partial charge in [-0.1, -0.05) is 48.5 Å². The third kappa shape index (κ3) is 3.16. The van der Waals surface area contributed by atoms with E-state index in [2.05, 4.69) is 0 Å². The van der Waals surface area contributed by atoms with Gasteiger partial charge >= 0.3 is 0 Å². The second-order valence-corrected chi connectivity index (χ2v) is 5.07. The first kappa shape index (κ1) is 14.7. The Labute approximate surface area is 132 Å². The van der Waals surface area contributed by atoms with Crippen LogP contribution in [0.3, 0.4) is 0 Å². The number of rotatable bonds is 4. The molecule has 3 rings (SSSR count). The summed E-state index contributed by atoms with van der Waals surface area (Å²) in [7, 11) is 0. The summed E-state index contributed by atoms with van der Waals surface area (Å²) >= 11 is 0. The van der Waals surface area contributed by atoms with E-state index in [1.165, 1.54) is 30.3 Å². The van der Waals surface area contributed by atoms with Crippen LogP contribution in [0, 0.1) is 10.1 Å². The number of benzene rings is 3. The van der Waals surface area contributed by atoms with Gasteiger partial charge in [0.25, 0.3) is 5.69 Å². The van der Waals surface area contributed by atoms with Crippen LogP contribution in [0.1, 0.15) is 15.9 Å². The van der Waals surface area contributed by atoms with Crippen molar-refractivity contribution in [3.05, 3.63) is 94.0 Å². The van der Waals surface area contributed by atoms with Crippen molar-refractivity contribution in [2.24, 2.45) is 0 Å². The van der Waals surface area contributed by atoms with Gasteiger partial charge in [0, 0.05) is 17.7 Å². The molecular formula is C19H13NO3. The fraction of sp³-hybridized carbons (Fsp3) is 0.